The topological polar surface area (TPSA) is 0 Å². The summed E-state index contributed by atoms with van der Waals surface area (Å²) < 4.78 is 0. The molecule has 0 aliphatic rings. The molecule has 1 rings (SSSR count). The van der Waals surface area contributed by atoms with Crippen LogP contribution in [0.25, 0.3) is 5.57 Å². The Kier molecular flexibility index (Phi) is 6.66. The van der Waals surface area contributed by atoms with Crippen LogP contribution < -0.4 is 0 Å². The van der Waals surface area contributed by atoms with E-state index in [-0.39, 0.29) is 0 Å². The van der Waals surface area contributed by atoms with Crippen LogP contribution in [0.5, 0.6) is 0 Å². The van der Waals surface area contributed by atoms with Crippen LogP contribution in [0.4, 0.5) is 0 Å². The molecule has 1 aromatic rings. The van der Waals surface area contributed by atoms with E-state index in [0.717, 1.165) is 12.8 Å². The molecule has 0 N–H and O–H groups in total. The molecular weight excluding hydrogens is 244 g/mol. The maximum Gasteiger partial charge on any atom is 0.129 e. The first kappa shape index (κ1) is 15.8. The average Bonchev–Trinajstić information content (AvgIpc) is 2.37. The summed E-state index contributed by atoms with van der Waals surface area (Å²) in [6.07, 6.45) is 6.93. The molecule has 0 atom stereocenters. The van der Waals surface area contributed by atoms with E-state index in [2.05, 4.69) is 74.4 Å². The minimum atomic E-state index is -1.25. The van der Waals surface area contributed by atoms with Crippen molar-refractivity contribution < 1.29 is 0 Å². The Morgan fingerprint density at radius 2 is 1.84 bits per heavy atom. The van der Waals surface area contributed by atoms with Gasteiger partial charge in [-0.2, -0.15) is 0 Å². The summed E-state index contributed by atoms with van der Waals surface area (Å²) in [6.45, 7) is 9.12. The Balaban J connectivity index is 2.81. The molecular formula is C18H26Si. The van der Waals surface area contributed by atoms with Gasteiger partial charge in [0.25, 0.3) is 0 Å². The van der Waals surface area contributed by atoms with Gasteiger partial charge in [0.1, 0.15) is 8.07 Å². The summed E-state index contributed by atoms with van der Waals surface area (Å²) in [7, 11) is -1.25. The van der Waals surface area contributed by atoms with Crippen LogP contribution in [0.3, 0.4) is 0 Å². The first-order valence-electron chi connectivity index (χ1n) is 7.27. The van der Waals surface area contributed by atoms with Gasteiger partial charge in [-0.1, -0.05) is 75.8 Å². The molecule has 0 saturated heterocycles. The van der Waals surface area contributed by atoms with Crippen molar-refractivity contribution in [1.82, 2.24) is 0 Å². The van der Waals surface area contributed by atoms with Crippen LogP contribution in [0, 0.1) is 11.5 Å². The van der Waals surface area contributed by atoms with Crippen molar-refractivity contribution in [3.05, 3.63) is 42.0 Å². The summed E-state index contributed by atoms with van der Waals surface area (Å²) in [5.74, 6) is 3.39. The van der Waals surface area contributed by atoms with E-state index in [1.165, 1.54) is 24.0 Å². The van der Waals surface area contributed by atoms with Gasteiger partial charge in [0.2, 0.25) is 0 Å². The fourth-order valence-electron chi connectivity index (χ4n) is 1.83. The summed E-state index contributed by atoms with van der Waals surface area (Å²) >= 11 is 0. The zero-order valence-corrected chi connectivity index (χ0v) is 13.8. The van der Waals surface area contributed by atoms with Crippen molar-refractivity contribution in [1.29, 1.82) is 0 Å². The lowest BCUT2D eigenvalue weighted by Gasteiger charge is -2.06. The van der Waals surface area contributed by atoms with E-state index in [4.69, 9.17) is 0 Å². The molecule has 0 bridgehead atoms. The molecule has 19 heavy (non-hydrogen) atoms. The second-order valence-corrected chi connectivity index (χ2v) is 10.7. The van der Waals surface area contributed by atoms with Gasteiger partial charge in [0.05, 0.1) is 0 Å². The van der Waals surface area contributed by atoms with Crippen LogP contribution in [-0.4, -0.2) is 8.07 Å². The zero-order valence-electron chi connectivity index (χ0n) is 12.8. The summed E-state index contributed by atoms with van der Waals surface area (Å²) in [5.41, 5.74) is 6.17. The summed E-state index contributed by atoms with van der Waals surface area (Å²) in [6, 6.07) is 10.7. The van der Waals surface area contributed by atoms with Gasteiger partial charge >= 0.3 is 0 Å². The Morgan fingerprint density at radius 1 is 1.16 bits per heavy atom. The fourth-order valence-corrected chi connectivity index (χ4v) is 2.45. The Labute approximate surface area is 120 Å². The molecule has 0 unspecified atom stereocenters. The van der Waals surface area contributed by atoms with Crippen LogP contribution in [0.15, 0.2) is 36.4 Å². The number of rotatable bonds is 5. The van der Waals surface area contributed by atoms with E-state index < -0.39 is 8.07 Å². The summed E-state index contributed by atoms with van der Waals surface area (Å²) in [5, 5.41) is 0. The highest BCUT2D eigenvalue weighted by molar-refractivity contribution is 6.83. The Hall–Kier alpha value is -1.26. The van der Waals surface area contributed by atoms with E-state index in [0.29, 0.717) is 0 Å². The molecule has 1 heteroatoms. The fraction of sp³-hybridized carbons (Fsp3) is 0.444. The van der Waals surface area contributed by atoms with Gasteiger partial charge in [-0.15, -0.1) is 11.5 Å². The van der Waals surface area contributed by atoms with Crippen molar-refractivity contribution in [3.8, 4) is 11.5 Å². The second-order valence-electron chi connectivity index (χ2n) is 5.97. The highest BCUT2D eigenvalue weighted by atomic mass is 28.3. The quantitative estimate of drug-likeness (QED) is 0.375. The highest BCUT2D eigenvalue weighted by Gasteiger charge is 2.07. The predicted octanol–water partition coefficient (Wildman–Crippen LogP) is 5.53. The molecule has 0 saturated carbocycles. The lowest BCUT2D eigenvalue weighted by Crippen LogP contribution is -2.16. The number of allylic oxidation sites excluding steroid dienone is 2. The number of benzene rings is 1. The second kappa shape index (κ2) is 8.02. The predicted molar refractivity (Wildman–Crippen MR) is 89.7 cm³/mol. The molecule has 0 fully saturated rings. The third-order valence-electron chi connectivity index (χ3n) is 2.84. The van der Waals surface area contributed by atoms with Crippen molar-refractivity contribution in [2.24, 2.45) is 0 Å². The molecule has 0 aromatic heterocycles. The van der Waals surface area contributed by atoms with Crippen LogP contribution in [0.1, 0.15) is 38.2 Å². The zero-order chi connectivity index (χ0) is 14.1. The van der Waals surface area contributed by atoms with E-state index in [1.54, 1.807) is 0 Å². The van der Waals surface area contributed by atoms with Gasteiger partial charge < -0.3 is 0 Å². The lowest BCUT2D eigenvalue weighted by molar-refractivity contribution is 0.815. The van der Waals surface area contributed by atoms with Crippen molar-refractivity contribution >= 4 is 13.6 Å². The molecule has 0 amide bonds. The first-order chi connectivity index (χ1) is 9.03. The van der Waals surface area contributed by atoms with Crippen molar-refractivity contribution in [2.45, 2.75) is 52.2 Å². The van der Waals surface area contributed by atoms with Gasteiger partial charge in [-0.05, 0) is 17.6 Å². The molecule has 0 heterocycles. The first-order valence-corrected chi connectivity index (χ1v) is 10.8. The SMILES string of the molecule is CCCC/C=C(/CC#C[Si](C)(C)C)c1ccccc1. The normalized spacial score (nSPS) is 11.9. The molecule has 0 aliphatic carbocycles. The molecule has 102 valence electrons. The largest absolute Gasteiger partial charge is 0.132 e. The van der Waals surface area contributed by atoms with Crippen LogP contribution in [0.2, 0.25) is 19.6 Å². The molecule has 0 radical (unpaired) electrons. The maximum absolute atomic E-state index is 3.46. The average molecular weight is 270 g/mol. The van der Waals surface area contributed by atoms with Crippen molar-refractivity contribution in [3.63, 3.8) is 0 Å². The smallest absolute Gasteiger partial charge is 0.129 e. The summed E-state index contributed by atoms with van der Waals surface area (Å²) in [4.78, 5) is 0. The van der Waals surface area contributed by atoms with Gasteiger partial charge in [0.15, 0.2) is 0 Å². The molecule has 1 aromatic carbocycles. The monoisotopic (exact) mass is 270 g/mol. The van der Waals surface area contributed by atoms with E-state index in [9.17, 15) is 0 Å². The van der Waals surface area contributed by atoms with E-state index >= 15 is 0 Å². The number of hydrogen-bond donors (Lipinski definition) is 0. The minimum Gasteiger partial charge on any atom is -0.132 e. The molecule has 0 nitrogen and oxygen atoms in total. The Bertz CT molecular complexity index is 452. The number of hydrogen-bond acceptors (Lipinski definition) is 0. The number of unbranched alkanes of at least 4 members (excludes halogenated alkanes) is 2. The maximum atomic E-state index is 3.46. The van der Waals surface area contributed by atoms with Crippen LogP contribution >= 0.6 is 0 Å². The molecule has 0 spiro atoms. The third-order valence-corrected chi connectivity index (χ3v) is 3.76. The molecule has 0 aliphatic heterocycles. The third kappa shape index (κ3) is 7.03. The van der Waals surface area contributed by atoms with Gasteiger partial charge in [-0.3, -0.25) is 0 Å². The lowest BCUT2D eigenvalue weighted by atomic mass is 10.0. The Morgan fingerprint density at radius 3 is 2.42 bits per heavy atom. The van der Waals surface area contributed by atoms with E-state index in [1.807, 2.05) is 0 Å². The standard InChI is InChI=1S/C18H26Si/c1-5-6-8-12-18(15-11-16-19(2,3)4)17-13-9-7-10-14-17/h7,9-10,12-14H,5-6,8,15H2,1-4H3/b18-12-. The van der Waals surface area contributed by atoms with Crippen molar-refractivity contribution in [2.75, 3.05) is 0 Å². The highest BCUT2D eigenvalue weighted by Crippen LogP contribution is 2.19. The van der Waals surface area contributed by atoms with Gasteiger partial charge in [-0.25, -0.2) is 0 Å². The van der Waals surface area contributed by atoms with Gasteiger partial charge in [0, 0.05) is 6.42 Å². The van der Waals surface area contributed by atoms with Crippen LogP contribution in [-0.2, 0) is 0 Å². The minimum absolute atomic E-state index is 0.887.